The minimum atomic E-state index is -0.253. The van der Waals surface area contributed by atoms with Gasteiger partial charge >= 0.3 is 0 Å². The van der Waals surface area contributed by atoms with Gasteiger partial charge in [0.25, 0.3) is 0 Å². The summed E-state index contributed by atoms with van der Waals surface area (Å²) in [5, 5.41) is 6.01. The highest BCUT2D eigenvalue weighted by molar-refractivity contribution is 5.89. The third-order valence-corrected chi connectivity index (χ3v) is 4.37. The molecule has 3 nitrogen and oxygen atoms in total. The number of carbonyl (C=O) groups is 1. The van der Waals surface area contributed by atoms with Crippen molar-refractivity contribution in [2.75, 3.05) is 10.6 Å². The molecule has 2 aliphatic rings. The first-order chi connectivity index (χ1) is 9.11. The monoisotopic (exact) mass is 262 g/mol. The van der Waals surface area contributed by atoms with E-state index in [1.165, 1.54) is 32.3 Å². The van der Waals surface area contributed by atoms with Crippen LogP contribution in [0.4, 0.5) is 15.8 Å². The number of halogens is 1. The van der Waals surface area contributed by atoms with Crippen molar-refractivity contribution in [3.63, 3.8) is 0 Å². The largest absolute Gasteiger partial charge is 0.380 e. The van der Waals surface area contributed by atoms with Gasteiger partial charge in [-0.2, -0.15) is 0 Å². The Morgan fingerprint density at radius 1 is 1.32 bits per heavy atom. The van der Waals surface area contributed by atoms with Crippen LogP contribution in [-0.2, 0) is 4.79 Å². The maximum absolute atomic E-state index is 13.8. The van der Waals surface area contributed by atoms with Crippen molar-refractivity contribution in [2.24, 2.45) is 11.8 Å². The van der Waals surface area contributed by atoms with E-state index in [0.29, 0.717) is 23.3 Å². The van der Waals surface area contributed by atoms with E-state index in [4.69, 9.17) is 0 Å². The molecule has 19 heavy (non-hydrogen) atoms. The van der Waals surface area contributed by atoms with Crippen molar-refractivity contribution in [2.45, 2.75) is 38.6 Å². The lowest BCUT2D eigenvalue weighted by Crippen LogP contribution is -2.26. The number of hydrogen-bond acceptors (Lipinski definition) is 2. The third-order valence-electron chi connectivity index (χ3n) is 4.37. The van der Waals surface area contributed by atoms with Gasteiger partial charge in [0.05, 0.1) is 5.69 Å². The van der Waals surface area contributed by atoms with Gasteiger partial charge in [-0.3, -0.25) is 4.79 Å². The predicted octanol–water partition coefficient (Wildman–Crippen LogP) is 3.38. The Morgan fingerprint density at radius 3 is 2.79 bits per heavy atom. The number of anilines is 2. The minimum Gasteiger partial charge on any atom is -0.380 e. The van der Waals surface area contributed by atoms with Gasteiger partial charge in [-0.15, -0.1) is 0 Å². The average Bonchev–Trinajstić information content (AvgIpc) is 2.95. The molecule has 3 rings (SSSR count). The zero-order valence-corrected chi connectivity index (χ0v) is 11.1. The maximum Gasteiger partial charge on any atom is 0.221 e. The molecule has 0 heterocycles. The molecule has 3 atom stereocenters. The van der Waals surface area contributed by atoms with Crippen LogP contribution < -0.4 is 10.6 Å². The molecule has 2 bridgehead atoms. The molecule has 2 saturated carbocycles. The zero-order chi connectivity index (χ0) is 13.4. The van der Waals surface area contributed by atoms with E-state index < -0.39 is 0 Å². The van der Waals surface area contributed by atoms with Crippen LogP contribution in [0.2, 0.25) is 0 Å². The Balaban J connectivity index is 1.74. The number of nitrogens with one attached hydrogen (secondary N) is 2. The molecular formula is C15H19FN2O. The molecule has 0 radical (unpaired) electrons. The molecule has 1 aromatic rings. The second kappa shape index (κ2) is 4.83. The van der Waals surface area contributed by atoms with E-state index in [2.05, 4.69) is 10.6 Å². The van der Waals surface area contributed by atoms with E-state index in [1.54, 1.807) is 12.1 Å². The van der Waals surface area contributed by atoms with Crippen LogP contribution in [0.3, 0.4) is 0 Å². The number of hydrogen-bond donors (Lipinski definition) is 2. The molecule has 1 aromatic carbocycles. The zero-order valence-electron chi connectivity index (χ0n) is 11.1. The van der Waals surface area contributed by atoms with Crippen LogP contribution in [0, 0.1) is 17.7 Å². The fourth-order valence-electron chi connectivity index (χ4n) is 3.54. The van der Waals surface area contributed by atoms with Crippen LogP contribution in [0.1, 0.15) is 32.6 Å². The lowest BCUT2D eigenvalue weighted by atomic mass is 9.95. The Bertz CT molecular complexity index is 503. The molecular weight excluding hydrogens is 243 g/mol. The summed E-state index contributed by atoms with van der Waals surface area (Å²) in [4.78, 5) is 11.0. The van der Waals surface area contributed by atoms with Crippen molar-refractivity contribution in [1.82, 2.24) is 0 Å². The summed E-state index contributed by atoms with van der Waals surface area (Å²) in [5.74, 6) is 1.12. The smallest absolute Gasteiger partial charge is 0.221 e. The van der Waals surface area contributed by atoms with Crippen molar-refractivity contribution in [3.05, 3.63) is 24.0 Å². The summed E-state index contributed by atoms with van der Waals surface area (Å²) < 4.78 is 13.8. The van der Waals surface area contributed by atoms with Crippen molar-refractivity contribution in [3.8, 4) is 0 Å². The topological polar surface area (TPSA) is 41.1 Å². The third kappa shape index (κ3) is 2.57. The fourth-order valence-corrected chi connectivity index (χ4v) is 3.54. The van der Waals surface area contributed by atoms with Gasteiger partial charge < -0.3 is 10.6 Å². The first kappa shape index (κ1) is 12.5. The van der Waals surface area contributed by atoms with Crippen LogP contribution in [0.5, 0.6) is 0 Å². The molecule has 0 saturated heterocycles. The normalized spacial score (nSPS) is 28.4. The number of fused-ring (bicyclic) bond motifs is 2. The molecule has 2 fully saturated rings. The van der Waals surface area contributed by atoms with Crippen molar-refractivity contribution >= 4 is 17.3 Å². The van der Waals surface area contributed by atoms with E-state index in [9.17, 15) is 9.18 Å². The Labute approximate surface area is 112 Å². The van der Waals surface area contributed by atoms with E-state index in [1.807, 2.05) is 0 Å². The summed E-state index contributed by atoms with van der Waals surface area (Å²) >= 11 is 0. The second-order valence-corrected chi connectivity index (χ2v) is 5.80. The SMILES string of the molecule is CC(=O)Nc1ccc(F)c(NC2CC3CCC2C3)c1. The Morgan fingerprint density at radius 2 is 2.16 bits per heavy atom. The molecule has 3 unspecified atom stereocenters. The summed E-state index contributed by atoms with van der Waals surface area (Å²) in [6.45, 7) is 1.45. The van der Waals surface area contributed by atoms with Crippen molar-refractivity contribution in [1.29, 1.82) is 0 Å². The van der Waals surface area contributed by atoms with Gasteiger partial charge in [-0.05, 0) is 49.3 Å². The summed E-state index contributed by atoms with van der Waals surface area (Å²) in [6, 6.07) is 5.06. The van der Waals surface area contributed by atoms with E-state index >= 15 is 0 Å². The van der Waals surface area contributed by atoms with Crippen LogP contribution >= 0.6 is 0 Å². The first-order valence-electron chi connectivity index (χ1n) is 6.95. The van der Waals surface area contributed by atoms with Crippen molar-refractivity contribution < 1.29 is 9.18 Å². The van der Waals surface area contributed by atoms with Gasteiger partial charge in [0, 0.05) is 18.7 Å². The highest BCUT2D eigenvalue weighted by atomic mass is 19.1. The quantitative estimate of drug-likeness (QED) is 0.876. The van der Waals surface area contributed by atoms with Gasteiger partial charge in [0.15, 0.2) is 0 Å². The molecule has 4 heteroatoms. The number of rotatable bonds is 3. The van der Waals surface area contributed by atoms with Crippen LogP contribution in [-0.4, -0.2) is 11.9 Å². The standard InChI is InChI=1S/C15H19FN2O/c1-9(19)17-12-4-5-13(16)15(8-12)18-14-7-10-2-3-11(14)6-10/h4-5,8,10-11,14,18H,2-3,6-7H2,1H3,(H,17,19). The average molecular weight is 262 g/mol. The number of amides is 1. The van der Waals surface area contributed by atoms with Gasteiger partial charge in [-0.25, -0.2) is 4.39 Å². The molecule has 0 spiro atoms. The van der Waals surface area contributed by atoms with E-state index in [0.717, 1.165) is 12.3 Å². The van der Waals surface area contributed by atoms with Gasteiger partial charge in [0.1, 0.15) is 5.82 Å². The number of benzene rings is 1. The Hall–Kier alpha value is -1.58. The highest BCUT2D eigenvalue weighted by Crippen LogP contribution is 2.45. The van der Waals surface area contributed by atoms with Crippen LogP contribution in [0.25, 0.3) is 0 Å². The van der Waals surface area contributed by atoms with E-state index in [-0.39, 0.29) is 11.7 Å². The Kier molecular flexibility index (Phi) is 3.17. The molecule has 1 amide bonds. The molecule has 102 valence electrons. The summed E-state index contributed by atoms with van der Waals surface area (Å²) in [6.07, 6.45) is 5.02. The fraction of sp³-hybridized carbons (Fsp3) is 0.533. The number of carbonyl (C=O) groups excluding carboxylic acids is 1. The minimum absolute atomic E-state index is 0.141. The molecule has 0 aliphatic heterocycles. The second-order valence-electron chi connectivity index (χ2n) is 5.80. The molecule has 2 aliphatic carbocycles. The molecule has 2 N–H and O–H groups in total. The maximum atomic E-state index is 13.8. The lowest BCUT2D eigenvalue weighted by molar-refractivity contribution is -0.114. The predicted molar refractivity (Wildman–Crippen MR) is 73.6 cm³/mol. The van der Waals surface area contributed by atoms with Gasteiger partial charge in [-0.1, -0.05) is 6.42 Å². The highest BCUT2D eigenvalue weighted by Gasteiger charge is 2.39. The first-order valence-corrected chi connectivity index (χ1v) is 6.95. The lowest BCUT2D eigenvalue weighted by Gasteiger charge is -2.24. The van der Waals surface area contributed by atoms with Crippen LogP contribution in [0.15, 0.2) is 18.2 Å². The summed E-state index contributed by atoms with van der Waals surface area (Å²) in [5.41, 5.74) is 1.14. The summed E-state index contributed by atoms with van der Waals surface area (Å²) in [7, 11) is 0. The molecule has 0 aromatic heterocycles. The van der Waals surface area contributed by atoms with Gasteiger partial charge in [0.2, 0.25) is 5.91 Å².